The van der Waals surface area contributed by atoms with Crippen LogP contribution in [0.25, 0.3) is 0 Å². The van der Waals surface area contributed by atoms with Crippen LogP contribution in [0.1, 0.15) is 25.0 Å². The highest BCUT2D eigenvalue weighted by atomic mass is 35.5. The summed E-state index contributed by atoms with van der Waals surface area (Å²) in [4.78, 5) is 43.1. The summed E-state index contributed by atoms with van der Waals surface area (Å²) in [5, 5.41) is 6.47. The van der Waals surface area contributed by atoms with E-state index in [1.165, 1.54) is 17.1 Å². The van der Waals surface area contributed by atoms with Crippen molar-refractivity contribution < 1.29 is 18.8 Å². The molecule has 0 spiro atoms. The Bertz CT molecular complexity index is 1110. The molecule has 1 N–H and O–H groups in total. The zero-order chi connectivity index (χ0) is 25.3. The molecule has 4 rings (SSSR count). The van der Waals surface area contributed by atoms with Crippen LogP contribution in [0, 0.1) is 11.7 Å². The van der Waals surface area contributed by atoms with E-state index in [1.807, 2.05) is 32.0 Å². The van der Waals surface area contributed by atoms with Crippen molar-refractivity contribution in [2.45, 2.75) is 39.1 Å². The lowest BCUT2D eigenvalue weighted by Gasteiger charge is -2.55. The van der Waals surface area contributed by atoms with Gasteiger partial charge in [0.15, 0.2) is 0 Å². The molecule has 2 aliphatic rings. The molecular formula is C25H29ClFN5O3. The van der Waals surface area contributed by atoms with Crippen LogP contribution in [-0.4, -0.2) is 70.0 Å². The fraction of sp³-hybridized carbons (Fsp3) is 0.400. The first-order valence-corrected chi connectivity index (χ1v) is 11.9. The number of likely N-dealkylation sites (N-methyl/N-ethyl adjacent to an activating group) is 1. The maximum Gasteiger partial charge on any atom is 0.334 e. The number of piperazine rings is 1. The van der Waals surface area contributed by atoms with Gasteiger partial charge in [-0.3, -0.25) is 9.59 Å². The third kappa shape index (κ3) is 5.11. The molecule has 35 heavy (non-hydrogen) atoms. The summed E-state index contributed by atoms with van der Waals surface area (Å²) in [6.07, 6.45) is -0.679. The lowest BCUT2D eigenvalue weighted by molar-refractivity contribution is -0.190. The Balaban J connectivity index is 1.61. The molecule has 4 amide bonds. The molecule has 2 fully saturated rings. The zero-order valence-electron chi connectivity index (χ0n) is 19.9. The number of urea groups is 1. The summed E-state index contributed by atoms with van der Waals surface area (Å²) in [6.45, 7) is 4.37. The highest BCUT2D eigenvalue weighted by molar-refractivity contribution is 6.31. The third-order valence-electron chi connectivity index (χ3n) is 6.39. The van der Waals surface area contributed by atoms with Gasteiger partial charge in [-0.25, -0.2) is 19.2 Å². The number of carbonyl (C=O) groups excluding carboxylic acids is 3. The van der Waals surface area contributed by atoms with E-state index in [0.29, 0.717) is 5.02 Å². The number of benzene rings is 2. The molecule has 10 heteroatoms. The predicted octanol–water partition coefficient (Wildman–Crippen LogP) is 3.07. The second kappa shape index (κ2) is 10.2. The van der Waals surface area contributed by atoms with E-state index in [4.69, 9.17) is 11.6 Å². The van der Waals surface area contributed by atoms with E-state index in [9.17, 15) is 18.8 Å². The number of hydrogen-bond donors (Lipinski definition) is 1. The van der Waals surface area contributed by atoms with Crippen LogP contribution in [0.2, 0.25) is 5.02 Å². The molecule has 2 saturated heterocycles. The van der Waals surface area contributed by atoms with Crippen LogP contribution >= 0.6 is 11.6 Å². The Hall–Kier alpha value is -3.17. The molecule has 2 aromatic carbocycles. The molecule has 2 heterocycles. The summed E-state index contributed by atoms with van der Waals surface area (Å²) >= 11 is 6.35. The van der Waals surface area contributed by atoms with Gasteiger partial charge in [0.05, 0.1) is 13.1 Å². The topological polar surface area (TPSA) is 76.2 Å². The lowest BCUT2D eigenvalue weighted by Crippen LogP contribution is -2.76. The number of nitrogens with zero attached hydrogens (tertiary/aromatic N) is 4. The quantitative estimate of drug-likeness (QED) is 0.683. The number of amides is 4. The van der Waals surface area contributed by atoms with Crippen LogP contribution in [0.3, 0.4) is 0 Å². The highest BCUT2D eigenvalue weighted by Crippen LogP contribution is 2.30. The Morgan fingerprint density at radius 1 is 1.14 bits per heavy atom. The molecule has 0 bridgehead atoms. The summed E-state index contributed by atoms with van der Waals surface area (Å²) in [5.41, 5.74) is 1.54. The van der Waals surface area contributed by atoms with Crippen molar-refractivity contribution in [2.75, 3.05) is 20.1 Å². The highest BCUT2D eigenvalue weighted by Gasteiger charge is 2.51. The fourth-order valence-electron chi connectivity index (χ4n) is 4.70. The van der Waals surface area contributed by atoms with Crippen molar-refractivity contribution in [3.63, 3.8) is 0 Å². The summed E-state index contributed by atoms with van der Waals surface area (Å²) in [5.74, 6) is -0.879. The molecule has 0 radical (unpaired) electrons. The summed E-state index contributed by atoms with van der Waals surface area (Å²) in [6, 6.07) is 12.1. The Labute approximate surface area is 209 Å². The van der Waals surface area contributed by atoms with Gasteiger partial charge in [0.1, 0.15) is 18.0 Å². The maximum absolute atomic E-state index is 13.5. The standard InChI is InChI=1S/C25H29ClFN5O3/c1-16(2)23-24(34)30(13-18-6-4-5-7-20(18)26)14-21-31(23)22(33)15-29(3)32(21)25(35)28-12-17-8-10-19(27)11-9-17/h4-11,16,21,23H,12-15H2,1-3H3,(H,28,35)/t21-,23-/m0/s1. The smallest absolute Gasteiger partial charge is 0.333 e. The molecule has 0 aliphatic carbocycles. The van der Waals surface area contributed by atoms with Crippen molar-refractivity contribution in [1.29, 1.82) is 0 Å². The number of rotatable bonds is 5. The Morgan fingerprint density at radius 3 is 2.49 bits per heavy atom. The fourth-order valence-corrected chi connectivity index (χ4v) is 4.89. The van der Waals surface area contributed by atoms with Gasteiger partial charge in [0, 0.05) is 25.2 Å². The first-order valence-electron chi connectivity index (χ1n) is 11.5. The molecule has 0 saturated carbocycles. The number of halogens is 2. The van der Waals surface area contributed by atoms with Crippen molar-refractivity contribution in [3.8, 4) is 0 Å². The molecular weight excluding hydrogens is 473 g/mol. The molecule has 186 valence electrons. The molecule has 2 aromatic rings. The van der Waals surface area contributed by atoms with Crippen LogP contribution in [-0.2, 0) is 22.7 Å². The Morgan fingerprint density at radius 2 is 1.83 bits per heavy atom. The number of fused-ring (bicyclic) bond motifs is 1. The molecule has 8 nitrogen and oxygen atoms in total. The molecule has 2 aliphatic heterocycles. The van der Waals surface area contributed by atoms with E-state index >= 15 is 0 Å². The number of hydrogen-bond acceptors (Lipinski definition) is 4. The van der Waals surface area contributed by atoms with E-state index in [-0.39, 0.29) is 49.7 Å². The SMILES string of the molecule is CC(C)[C@H]1C(=O)N(Cc2ccccc2Cl)C[C@H]2N1C(=O)CN(C)N2C(=O)NCc1ccc(F)cc1. The van der Waals surface area contributed by atoms with E-state index in [1.54, 1.807) is 40.1 Å². The third-order valence-corrected chi connectivity index (χ3v) is 6.76. The predicted molar refractivity (Wildman–Crippen MR) is 129 cm³/mol. The second-order valence-electron chi connectivity index (χ2n) is 9.23. The monoisotopic (exact) mass is 501 g/mol. The van der Waals surface area contributed by atoms with Gasteiger partial charge in [-0.05, 0) is 35.2 Å². The summed E-state index contributed by atoms with van der Waals surface area (Å²) in [7, 11) is 1.67. The van der Waals surface area contributed by atoms with Gasteiger partial charge in [-0.15, -0.1) is 0 Å². The van der Waals surface area contributed by atoms with E-state index < -0.39 is 18.2 Å². The van der Waals surface area contributed by atoms with Crippen molar-refractivity contribution in [2.24, 2.45) is 5.92 Å². The molecule has 0 aromatic heterocycles. The molecule has 2 atom stereocenters. The second-order valence-corrected chi connectivity index (χ2v) is 9.63. The largest absolute Gasteiger partial charge is 0.334 e. The first-order chi connectivity index (χ1) is 16.7. The first kappa shape index (κ1) is 24.9. The Kier molecular flexibility index (Phi) is 7.28. The molecule has 0 unspecified atom stereocenters. The van der Waals surface area contributed by atoms with Crippen LogP contribution in [0.15, 0.2) is 48.5 Å². The average molecular weight is 502 g/mol. The lowest BCUT2D eigenvalue weighted by atomic mass is 9.96. The normalized spacial score (nSPS) is 20.9. The van der Waals surface area contributed by atoms with Crippen LogP contribution < -0.4 is 5.32 Å². The van der Waals surface area contributed by atoms with Gasteiger partial charge < -0.3 is 15.1 Å². The van der Waals surface area contributed by atoms with E-state index in [0.717, 1.165) is 11.1 Å². The van der Waals surface area contributed by atoms with Gasteiger partial charge in [-0.2, -0.15) is 0 Å². The minimum atomic E-state index is -0.704. The van der Waals surface area contributed by atoms with Crippen molar-refractivity contribution in [3.05, 3.63) is 70.5 Å². The van der Waals surface area contributed by atoms with Crippen LogP contribution in [0.5, 0.6) is 0 Å². The van der Waals surface area contributed by atoms with Gasteiger partial charge in [-0.1, -0.05) is 55.8 Å². The zero-order valence-corrected chi connectivity index (χ0v) is 20.7. The summed E-state index contributed by atoms with van der Waals surface area (Å²) < 4.78 is 13.2. The van der Waals surface area contributed by atoms with Gasteiger partial charge in [0.25, 0.3) is 0 Å². The van der Waals surface area contributed by atoms with Gasteiger partial charge in [0.2, 0.25) is 11.8 Å². The van der Waals surface area contributed by atoms with E-state index in [2.05, 4.69) is 5.32 Å². The minimum absolute atomic E-state index is 0.0263. The maximum atomic E-state index is 13.5. The van der Waals surface area contributed by atoms with Crippen molar-refractivity contribution in [1.82, 2.24) is 25.1 Å². The minimum Gasteiger partial charge on any atom is -0.333 e. The number of carbonyl (C=O) groups is 3. The van der Waals surface area contributed by atoms with Gasteiger partial charge >= 0.3 is 6.03 Å². The number of hydrazine groups is 1. The average Bonchev–Trinajstić information content (AvgIpc) is 2.80. The number of nitrogens with one attached hydrogen (secondary N) is 1. The van der Waals surface area contributed by atoms with Crippen LogP contribution in [0.4, 0.5) is 9.18 Å². The van der Waals surface area contributed by atoms with Crippen molar-refractivity contribution >= 4 is 29.4 Å².